The molecule has 1 aliphatic rings. The van der Waals surface area contributed by atoms with Crippen LogP contribution in [0.4, 0.5) is 0 Å². The molecule has 0 saturated heterocycles. The van der Waals surface area contributed by atoms with Crippen LogP contribution in [0.15, 0.2) is 65.5 Å². The molecule has 4 aromatic rings. The Kier molecular flexibility index (Phi) is 4.64. The Bertz CT molecular complexity index is 1260. The monoisotopic (exact) mass is 400 g/mol. The molecule has 0 spiro atoms. The lowest BCUT2D eigenvalue weighted by Crippen LogP contribution is -2.30. The van der Waals surface area contributed by atoms with Crippen LogP contribution < -0.4 is 10.2 Å². The van der Waals surface area contributed by atoms with Crippen molar-refractivity contribution in [1.82, 2.24) is 14.5 Å². The SMILES string of the molecule is CN(C)CCCn1cnc2c(c1=N)[C@H](c1ccco1)c1ccc3ccccc3c1O2. The molecule has 0 fully saturated rings. The molecule has 152 valence electrons. The fourth-order valence-corrected chi connectivity index (χ4v) is 4.18. The molecule has 0 radical (unpaired) electrons. The molecule has 5 rings (SSSR count). The van der Waals surface area contributed by atoms with E-state index in [1.807, 2.05) is 28.8 Å². The number of ether oxygens (including phenoxy) is 1. The fraction of sp³-hybridized carbons (Fsp3) is 0.250. The smallest absolute Gasteiger partial charge is 0.228 e. The van der Waals surface area contributed by atoms with Gasteiger partial charge in [-0.05, 0) is 44.6 Å². The number of benzene rings is 2. The van der Waals surface area contributed by atoms with Gasteiger partial charge in [-0.2, -0.15) is 0 Å². The second kappa shape index (κ2) is 7.46. The van der Waals surface area contributed by atoms with Crippen LogP contribution in [0.5, 0.6) is 11.6 Å². The number of furan rings is 1. The minimum absolute atomic E-state index is 0.232. The van der Waals surface area contributed by atoms with Crippen LogP contribution in [0.3, 0.4) is 0 Å². The van der Waals surface area contributed by atoms with Gasteiger partial charge in [0.05, 0.1) is 17.7 Å². The number of fused-ring (bicyclic) bond motifs is 4. The van der Waals surface area contributed by atoms with Gasteiger partial charge < -0.3 is 18.6 Å². The maximum atomic E-state index is 8.94. The molecule has 0 saturated carbocycles. The topological polar surface area (TPSA) is 67.3 Å². The zero-order chi connectivity index (χ0) is 20.7. The van der Waals surface area contributed by atoms with Crippen molar-refractivity contribution in [3.05, 3.63) is 83.5 Å². The summed E-state index contributed by atoms with van der Waals surface area (Å²) < 4.78 is 14.0. The van der Waals surface area contributed by atoms with E-state index in [9.17, 15) is 0 Å². The Morgan fingerprint density at radius 3 is 2.77 bits per heavy atom. The zero-order valence-corrected chi connectivity index (χ0v) is 17.1. The predicted molar refractivity (Wildman–Crippen MR) is 115 cm³/mol. The van der Waals surface area contributed by atoms with Gasteiger partial charge in [0, 0.05) is 17.5 Å². The number of hydrogen-bond acceptors (Lipinski definition) is 5. The number of aryl methyl sites for hydroxylation is 1. The van der Waals surface area contributed by atoms with E-state index in [1.165, 1.54) is 0 Å². The first-order valence-electron chi connectivity index (χ1n) is 10.1. The van der Waals surface area contributed by atoms with Gasteiger partial charge in [0.2, 0.25) is 5.88 Å². The lowest BCUT2D eigenvalue weighted by Gasteiger charge is -2.28. The van der Waals surface area contributed by atoms with E-state index >= 15 is 0 Å². The zero-order valence-electron chi connectivity index (χ0n) is 17.1. The molecule has 0 unspecified atom stereocenters. The summed E-state index contributed by atoms with van der Waals surface area (Å²) in [7, 11) is 4.11. The Hall–Kier alpha value is -3.38. The van der Waals surface area contributed by atoms with E-state index in [1.54, 1.807) is 12.6 Å². The summed E-state index contributed by atoms with van der Waals surface area (Å²) in [5, 5.41) is 11.1. The molecule has 2 aromatic carbocycles. The van der Waals surface area contributed by atoms with Gasteiger partial charge in [-0.25, -0.2) is 4.98 Å². The van der Waals surface area contributed by atoms with Crippen LogP contribution in [0.25, 0.3) is 10.8 Å². The normalized spacial score (nSPS) is 15.1. The van der Waals surface area contributed by atoms with Crippen molar-refractivity contribution in [3.8, 4) is 11.6 Å². The van der Waals surface area contributed by atoms with E-state index < -0.39 is 0 Å². The lowest BCUT2D eigenvalue weighted by atomic mass is 9.86. The van der Waals surface area contributed by atoms with E-state index in [0.29, 0.717) is 11.4 Å². The van der Waals surface area contributed by atoms with E-state index in [2.05, 4.69) is 48.2 Å². The third-order valence-electron chi connectivity index (χ3n) is 5.63. The molecule has 6 heteroatoms. The van der Waals surface area contributed by atoms with Crippen molar-refractivity contribution in [2.45, 2.75) is 18.9 Å². The summed E-state index contributed by atoms with van der Waals surface area (Å²) in [6.45, 7) is 1.68. The average molecular weight is 400 g/mol. The first-order chi connectivity index (χ1) is 14.6. The Morgan fingerprint density at radius 1 is 1.10 bits per heavy atom. The van der Waals surface area contributed by atoms with Gasteiger partial charge in [-0.15, -0.1) is 0 Å². The summed E-state index contributed by atoms with van der Waals surface area (Å²) >= 11 is 0. The quantitative estimate of drug-likeness (QED) is 0.476. The molecule has 30 heavy (non-hydrogen) atoms. The highest BCUT2D eigenvalue weighted by molar-refractivity contribution is 5.91. The van der Waals surface area contributed by atoms with Gasteiger partial charge in [-0.3, -0.25) is 5.41 Å². The third kappa shape index (κ3) is 3.09. The van der Waals surface area contributed by atoms with Crippen LogP contribution in [0.2, 0.25) is 0 Å². The summed E-state index contributed by atoms with van der Waals surface area (Å²) in [6, 6.07) is 16.2. The van der Waals surface area contributed by atoms with Crippen molar-refractivity contribution in [2.24, 2.45) is 0 Å². The number of nitrogens with zero attached hydrogens (tertiary/aromatic N) is 3. The number of hydrogen-bond donors (Lipinski definition) is 1. The van der Waals surface area contributed by atoms with Crippen molar-refractivity contribution in [2.75, 3.05) is 20.6 Å². The molecular weight excluding hydrogens is 376 g/mol. The molecule has 2 aromatic heterocycles. The molecule has 1 N–H and O–H groups in total. The lowest BCUT2D eigenvalue weighted by molar-refractivity contribution is 0.377. The molecule has 3 heterocycles. The third-order valence-corrected chi connectivity index (χ3v) is 5.63. The summed E-state index contributed by atoms with van der Waals surface area (Å²) in [4.78, 5) is 6.75. The highest BCUT2D eigenvalue weighted by Crippen LogP contribution is 2.47. The van der Waals surface area contributed by atoms with Crippen LogP contribution >= 0.6 is 0 Å². The minimum Gasteiger partial charge on any atom is -0.468 e. The number of aromatic nitrogens is 2. The van der Waals surface area contributed by atoms with Crippen molar-refractivity contribution >= 4 is 10.8 Å². The number of rotatable bonds is 5. The van der Waals surface area contributed by atoms with Gasteiger partial charge in [-0.1, -0.05) is 36.4 Å². The largest absolute Gasteiger partial charge is 0.468 e. The fourth-order valence-electron chi connectivity index (χ4n) is 4.18. The van der Waals surface area contributed by atoms with E-state index in [0.717, 1.165) is 52.9 Å². The average Bonchev–Trinajstić information content (AvgIpc) is 3.28. The summed E-state index contributed by atoms with van der Waals surface area (Å²) in [5.74, 6) is 1.83. The van der Waals surface area contributed by atoms with Gasteiger partial charge in [0.15, 0.2) is 0 Å². The van der Waals surface area contributed by atoms with E-state index in [-0.39, 0.29) is 5.92 Å². The molecule has 6 nitrogen and oxygen atoms in total. The van der Waals surface area contributed by atoms with Gasteiger partial charge >= 0.3 is 0 Å². The van der Waals surface area contributed by atoms with Crippen molar-refractivity contribution in [1.29, 1.82) is 5.41 Å². The summed E-state index contributed by atoms with van der Waals surface area (Å²) in [6.07, 6.45) is 4.33. The molecule has 1 atom stereocenters. The van der Waals surface area contributed by atoms with E-state index in [4.69, 9.17) is 14.6 Å². The highest BCUT2D eigenvalue weighted by atomic mass is 16.5. The highest BCUT2D eigenvalue weighted by Gasteiger charge is 2.34. The Labute approximate surface area is 174 Å². The first-order valence-corrected chi connectivity index (χ1v) is 10.1. The number of nitrogens with one attached hydrogen (secondary N) is 1. The molecule has 1 aliphatic heterocycles. The van der Waals surface area contributed by atoms with Crippen molar-refractivity contribution in [3.63, 3.8) is 0 Å². The summed E-state index contributed by atoms with van der Waals surface area (Å²) in [5.41, 5.74) is 2.16. The van der Waals surface area contributed by atoms with Crippen LogP contribution in [-0.4, -0.2) is 35.1 Å². The van der Waals surface area contributed by atoms with Gasteiger partial charge in [0.25, 0.3) is 0 Å². The van der Waals surface area contributed by atoms with Crippen molar-refractivity contribution < 1.29 is 9.15 Å². The maximum absolute atomic E-state index is 8.94. The molecular formula is C24H24N4O2. The van der Waals surface area contributed by atoms with Crippen LogP contribution in [-0.2, 0) is 6.54 Å². The van der Waals surface area contributed by atoms with Crippen LogP contribution in [0, 0.1) is 5.41 Å². The standard InChI is InChI=1S/C24H24N4O2/c1-27(2)12-6-13-28-15-26-24-21(23(28)25)20(19-9-5-14-29-19)18-11-10-16-7-3-4-8-17(16)22(18)30-24/h3-5,7-11,14-15,20,25H,6,12-13H2,1-2H3/t20-/m0/s1. The Morgan fingerprint density at radius 2 is 1.97 bits per heavy atom. The molecule has 0 aliphatic carbocycles. The molecule has 0 amide bonds. The maximum Gasteiger partial charge on any atom is 0.228 e. The predicted octanol–water partition coefficient (Wildman–Crippen LogP) is 4.35. The van der Waals surface area contributed by atoms with Gasteiger partial charge in [0.1, 0.15) is 23.3 Å². The minimum atomic E-state index is -0.232. The second-order valence-electron chi connectivity index (χ2n) is 7.92. The van der Waals surface area contributed by atoms with Crippen LogP contribution in [0.1, 0.15) is 29.2 Å². The Balaban J connectivity index is 1.67. The first kappa shape index (κ1) is 18.6. The molecule has 0 bridgehead atoms. The second-order valence-corrected chi connectivity index (χ2v) is 7.92.